The SMILES string of the molecule is CC[N](CC)[GeH]([CH3])[N](CC)CC. The molecular weight excluding hydrogens is 209 g/mol. The fraction of sp³-hybridized carbons (Fsp3) is 1.00. The molecule has 3 heteroatoms. The molecule has 0 aromatic carbocycles. The van der Waals surface area contributed by atoms with Crippen molar-refractivity contribution in [3.63, 3.8) is 0 Å². The third-order valence-electron chi connectivity index (χ3n) is 2.68. The van der Waals surface area contributed by atoms with Gasteiger partial charge in [-0.05, 0) is 0 Å². The van der Waals surface area contributed by atoms with Gasteiger partial charge in [0.15, 0.2) is 0 Å². The molecule has 0 spiro atoms. The van der Waals surface area contributed by atoms with Gasteiger partial charge < -0.3 is 0 Å². The van der Waals surface area contributed by atoms with Crippen molar-refractivity contribution in [2.75, 3.05) is 26.2 Å². The first-order valence-corrected chi connectivity index (χ1v) is 9.78. The Morgan fingerprint density at radius 2 is 1.00 bits per heavy atom. The summed E-state index contributed by atoms with van der Waals surface area (Å²) in [6, 6.07) is 0. The molecule has 0 amide bonds. The van der Waals surface area contributed by atoms with Crippen molar-refractivity contribution < 1.29 is 0 Å². The molecule has 0 unspecified atom stereocenters. The van der Waals surface area contributed by atoms with Crippen molar-refractivity contribution in [1.82, 2.24) is 7.71 Å². The first-order chi connectivity index (χ1) is 5.71. The second-order valence-electron chi connectivity index (χ2n) is 3.07. The molecule has 0 aliphatic carbocycles. The van der Waals surface area contributed by atoms with E-state index in [9.17, 15) is 0 Å². The van der Waals surface area contributed by atoms with E-state index in [2.05, 4.69) is 41.2 Å². The Labute approximate surface area is 82.5 Å². The van der Waals surface area contributed by atoms with Gasteiger partial charge in [-0.2, -0.15) is 0 Å². The van der Waals surface area contributed by atoms with Gasteiger partial charge in [-0.3, -0.25) is 0 Å². The summed E-state index contributed by atoms with van der Waals surface area (Å²) in [6.07, 6.45) is 0. The average Bonchev–Trinajstić information content (AvgIpc) is 2.09. The molecule has 74 valence electrons. The van der Waals surface area contributed by atoms with Gasteiger partial charge in [0.1, 0.15) is 0 Å². The van der Waals surface area contributed by atoms with Crippen molar-refractivity contribution in [3.05, 3.63) is 0 Å². The molecule has 0 aromatic rings. The van der Waals surface area contributed by atoms with Gasteiger partial charge in [-0.15, -0.1) is 0 Å². The summed E-state index contributed by atoms with van der Waals surface area (Å²) in [5.74, 6) is 2.48. The Bertz CT molecular complexity index is 88.7. The number of hydrogen-bond acceptors (Lipinski definition) is 2. The summed E-state index contributed by atoms with van der Waals surface area (Å²) >= 11 is -1.24. The fourth-order valence-corrected chi connectivity index (χ4v) is 7.14. The van der Waals surface area contributed by atoms with E-state index in [-0.39, 0.29) is 0 Å². The summed E-state index contributed by atoms with van der Waals surface area (Å²) in [5.41, 5.74) is 0. The summed E-state index contributed by atoms with van der Waals surface area (Å²) in [7, 11) is 0. The van der Waals surface area contributed by atoms with Crippen LogP contribution in [0.3, 0.4) is 0 Å². The zero-order chi connectivity index (χ0) is 9.56. The topological polar surface area (TPSA) is 6.48 Å². The Balaban J connectivity index is 4.02. The normalized spacial score (nSPS) is 12.0. The van der Waals surface area contributed by atoms with Crippen molar-refractivity contribution >= 4 is 14.8 Å². The van der Waals surface area contributed by atoms with E-state index in [0.29, 0.717) is 0 Å². The van der Waals surface area contributed by atoms with Crippen LogP contribution in [0.15, 0.2) is 0 Å². The van der Waals surface area contributed by atoms with Crippen molar-refractivity contribution in [2.45, 2.75) is 33.5 Å². The first kappa shape index (κ1) is 12.5. The minimum atomic E-state index is -1.24. The van der Waals surface area contributed by atoms with Crippen LogP contribution >= 0.6 is 0 Å². The zero-order valence-corrected chi connectivity index (χ0v) is 11.7. The Hall–Kier alpha value is 0.463. The van der Waals surface area contributed by atoms with E-state index in [4.69, 9.17) is 0 Å². The van der Waals surface area contributed by atoms with Gasteiger partial charge in [0.2, 0.25) is 0 Å². The molecule has 0 N–H and O–H groups in total. The second kappa shape index (κ2) is 6.92. The molecule has 0 aliphatic heterocycles. The second-order valence-corrected chi connectivity index (χ2v) is 8.79. The van der Waals surface area contributed by atoms with Crippen molar-refractivity contribution in [1.29, 1.82) is 0 Å². The molecule has 0 saturated heterocycles. The number of nitrogens with zero attached hydrogens (tertiary/aromatic N) is 2. The Morgan fingerprint density at radius 1 is 0.750 bits per heavy atom. The number of rotatable bonds is 6. The van der Waals surface area contributed by atoms with Crippen LogP contribution in [-0.2, 0) is 0 Å². The molecule has 0 aliphatic rings. The van der Waals surface area contributed by atoms with E-state index in [0.717, 1.165) is 0 Å². The maximum absolute atomic E-state index is 2.67. The van der Waals surface area contributed by atoms with Crippen LogP contribution in [0.25, 0.3) is 0 Å². The van der Waals surface area contributed by atoms with Crippen molar-refractivity contribution in [3.8, 4) is 0 Å². The van der Waals surface area contributed by atoms with Gasteiger partial charge in [0.25, 0.3) is 0 Å². The van der Waals surface area contributed by atoms with Crippen LogP contribution in [0.1, 0.15) is 27.7 Å². The fourth-order valence-electron chi connectivity index (χ4n) is 1.74. The monoisotopic (exact) mass is 234 g/mol. The van der Waals surface area contributed by atoms with Gasteiger partial charge in [-0.25, -0.2) is 0 Å². The van der Waals surface area contributed by atoms with Crippen LogP contribution in [0.4, 0.5) is 0 Å². The first-order valence-electron chi connectivity index (χ1n) is 5.19. The van der Waals surface area contributed by atoms with Gasteiger partial charge in [-0.1, -0.05) is 0 Å². The van der Waals surface area contributed by atoms with Crippen LogP contribution < -0.4 is 0 Å². The molecule has 0 fully saturated rings. The zero-order valence-electron chi connectivity index (χ0n) is 9.30. The number of hydrogen-bond donors (Lipinski definition) is 0. The molecule has 0 saturated carbocycles. The summed E-state index contributed by atoms with van der Waals surface area (Å²) in [6.45, 7) is 14.0. The standard InChI is InChI=1S/C9H24GeN2/c1-6-11(7-2)10(5)12(8-3)9-4/h10H,6-9H2,1-5H3. The summed E-state index contributed by atoms with van der Waals surface area (Å²) in [4.78, 5) is 0. The summed E-state index contributed by atoms with van der Waals surface area (Å²) < 4.78 is 5.33. The van der Waals surface area contributed by atoms with E-state index < -0.39 is 14.8 Å². The van der Waals surface area contributed by atoms with E-state index >= 15 is 0 Å². The molecule has 2 nitrogen and oxygen atoms in total. The predicted octanol–water partition coefficient (Wildman–Crippen LogP) is 1.52. The quantitative estimate of drug-likeness (QED) is 0.641. The van der Waals surface area contributed by atoms with Gasteiger partial charge in [0.05, 0.1) is 0 Å². The van der Waals surface area contributed by atoms with Crippen LogP contribution in [0.5, 0.6) is 0 Å². The molecule has 0 bridgehead atoms. The molecular formula is C9H24GeN2. The van der Waals surface area contributed by atoms with Gasteiger partial charge >= 0.3 is 82.1 Å². The third kappa shape index (κ3) is 3.46. The molecule has 0 rings (SSSR count). The van der Waals surface area contributed by atoms with Gasteiger partial charge in [0, 0.05) is 0 Å². The molecule has 0 radical (unpaired) electrons. The maximum atomic E-state index is 2.67. The van der Waals surface area contributed by atoms with Crippen LogP contribution in [-0.4, -0.2) is 48.7 Å². The van der Waals surface area contributed by atoms with E-state index in [1.54, 1.807) is 0 Å². The molecule has 0 aromatic heterocycles. The Morgan fingerprint density at radius 3 is 1.17 bits per heavy atom. The van der Waals surface area contributed by atoms with Crippen LogP contribution in [0, 0.1) is 0 Å². The average molecular weight is 233 g/mol. The van der Waals surface area contributed by atoms with Crippen LogP contribution in [0.2, 0.25) is 5.76 Å². The minimum absolute atomic E-state index is 1.23. The molecule has 0 heterocycles. The van der Waals surface area contributed by atoms with Crippen molar-refractivity contribution in [2.24, 2.45) is 0 Å². The van der Waals surface area contributed by atoms with E-state index in [1.165, 1.54) is 26.2 Å². The Kier molecular flexibility index (Phi) is 7.19. The third-order valence-corrected chi connectivity index (χ3v) is 10.2. The molecule has 12 heavy (non-hydrogen) atoms. The predicted molar refractivity (Wildman–Crippen MR) is 58.9 cm³/mol. The summed E-state index contributed by atoms with van der Waals surface area (Å²) in [5, 5.41) is 0. The molecule has 0 atom stereocenters. The van der Waals surface area contributed by atoms with E-state index in [1.807, 2.05) is 0 Å².